The van der Waals surface area contributed by atoms with Gasteiger partial charge in [-0.05, 0) is 56.3 Å². The van der Waals surface area contributed by atoms with Gasteiger partial charge in [-0.1, -0.05) is 28.8 Å². The molecule has 1 atom stereocenters. The summed E-state index contributed by atoms with van der Waals surface area (Å²) >= 11 is 5.93. The summed E-state index contributed by atoms with van der Waals surface area (Å²) in [6, 6.07) is 6.80. The Labute approximate surface area is 181 Å². The van der Waals surface area contributed by atoms with Crippen LogP contribution in [0.25, 0.3) is 0 Å². The van der Waals surface area contributed by atoms with E-state index in [4.69, 9.17) is 16.4 Å². The summed E-state index contributed by atoms with van der Waals surface area (Å²) in [6.07, 6.45) is 3.17. The zero-order valence-corrected chi connectivity index (χ0v) is 17.9. The largest absolute Gasteiger partial charge is 0.434 e. The van der Waals surface area contributed by atoms with E-state index in [-0.39, 0.29) is 0 Å². The summed E-state index contributed by atoms with van der Waals surface area (Å²) < 4.78 is 0. The number of hydrogen-bond acceptors (Lipinski definition) is 5. The Bertz CT molecular complexity index is 810. The molecule has 3 aliphatic rings. The highest BCUT2D eigenvalue weighted by Crippen LogP contribution is 2.25. The molecule has 0 saturated carbocycles. The van der Waals surface area contributed by atoms with Gasteiger partial charge in [0, 0.05) is 37.7 Å². The molecule has 9 heteroatoms. The molecule has 30 heavy (non-hydrogen) atoms. The number of likely N-dealkylation sites (tertiary alicyclic amines) is 1. The average Bonchev–Trinajstić information content (AvgIpc) is 2.98. The van der Waals surface area contributed by atoms with Crippen molar-refractivity contribution in [2.24, 2.45) is 5.92 Å². The number of piperazine rings is 1. The lowest BCUT2D eigenvalue weighted by Crippen LogP contribution is -2.51. The number of imide groups is 1. The number of likely N-dealkylation sites (N-methyl/N-ethyl adjacent to an activating group) is 1. The van der Waals surface area contributed by atoms with E-state index in [9.17, 15) is 14.4 Å². The molecule has 0 spiro atoms. The molecule has 0 aliphatic carbocycles. The first kappa shape index (κ1) is 20.9. The Kier molecular flexibility index (Phi) is 6.15. The van der Waals surface area contributed by atoms with Gasteiger partial charge in [-0.3, -0.25) is 4.79 Å². The number of rotatable bonds is 4. The number of benzene rings is 1. The smallest absolute Gasteiger partial charge is 0.309 e. The van der Waals surface area contributed by atoms with E-state index in [1.807, 2.05) is 36.2 Å². The van der Waals surface area contributed by atoms with Gasteiger partial charge in [-0.2, -0.15) is 0 Å². The maximum atomic E-state index is 12.5. The van der Waals surface area contributed by atoms with E-state index in [0.29, 0.717) is 43.7 Å². The second-order valence-corrected chi connectivity index (χ2v) is 8.78. The monoisotopic (exact) mass is 434 g/mol. The van der Waals surface area contributed by atoms with Crippen molar-refractivity contribution in [2.45, 2.75) is 31.7 Å². The van der Waals surface area contributed by atoms with Crippen LogP contribution in [-0.2, 0) is 16.1 Å². The van der Waals surface area contributed by atoms with E-state index < -0.39 is 24.1 Å². The number of amides is 4. The van der Waals surface area contributed by atoms with Crippen molar-refractivity contribution in [3.8, 4) is 0 Å². The SMILES string of the molecule is CN1CCN2C(=O)N(OC(=O)N3CCC(CCc4ccc(Cl)cc4)CC3)C(=O)C2C1. The number of urea groups is 1. The zero-order chi connectivity index (χ0) is 21.3. The molecule has 162 valence electrons. The van der Waals surface area contributed by atoms with Crippen LogP contribution >= 0.6 is 11.6 Å². The van der Waals surface area contributed by atoms with E-state index in [0.717, 1.165) is 30.7 Å². The highest BCUT2D eigenvalue weighted by Gasteiger charge is 2.50. The molecule has 0 radical (unpaired) electrons. The molecule has 4 rings (SSSR count). The van der Waals surface area contributed by atoms with Gasteiger partial charge < -0.3 is 19.5 Å². The highest BCUT2D eigenvalue weighted by molar-refractivity contribution is 6.30. The Morgan fingerprint density at radius 2 is 1.80 bits per heavy atom. The minimum Gasteiger partial charge on any atom is -0.309 e. The second-order valence-electron chi connectivity index (χ2n) is 8.34. The van der Waals surface area contributed by atoms with Gasteiger partial charge in [0.1, 0.15) is 6.04 Å². The quantitative estimate of drug-likeness (QED) is 0.681. The van der Waals surface area contributed by atoms with Crippen molar-refractivity contribution < 1.29 is 19.2 Å². The minimum atomic E-state index is -0.624. The fourth-order valence-corrected chi connectivity index (χ4v) is 4.48. The second kappa shape index (κ2) is 8.81. The van der Waals surface area contributed by atoms with Crippen LogP contribution in [0, 0.1) is 5.92 Å². The summed E-state index contributed by atoms with van der Waals surface area (Å²) in [6.45, 7) is 2.74. The van der Waals surface area contributed by atoms with Crippen LogP contribution < -0.4 is 0 Å². The van der Waals surface area contributed by atoms with Crippen LogP contribution in [0.1, 0.15) is 24.8 Å². The molecule has 0 bridgehead atoms. The molecule has 0 aromatic heterocycles. The molecule has 3 aliphatic heterocycles. The molecule has 1 aromatic rings. The van der Waals surface area contributed by atoms with E-state index in [1.54, 1.807) is 4.90 Å². The molecule has 1 unspecified atom stereocenters. The van der Waals surface area contributed by atoms with E-state index in [2.05, 4.69) is 0 Å². The van der Waals surface area contributed by atoms with Crippen molar-refractivity contribution in [1.29, 1.82) is 0 Å². The highest BCUT2D eigenvalue weighted by atomic mass is 35.5. The summed E-state index contributed by atoms with van der Waals surface area (Å²) in [5, 5.41) is 1.39. The van der Waals surface area contributed by atoms with Crippen LogP contribution in [0.4, 0.5) is 9.59 Å². The predicted molar refractivity (Wildman–Crippen MR) is 111 cm³/mol. The van der Waals surface area contributed by atoms with Crippen molar-refractivity contribution in [3.63, 3.8) is 0 Å². The van der Waals surface area contributed by atoms with Crippen LogP contribution in [0.5, 0.6) is 0 Å². The Morgan fingerprint density at radius 1 is 1.10 bits per heavy atom. The number of carbonyl (C=O) groups excluding carboxylic acids is 3. The number of hydroxylamine groups is 2. The Morgan fingerprint density at radius 3 is 2.50 bits per heavy atom. The maximum absolute atomic E-state index is 12.5. The molecule has 0 N–H and O–H groups in total. The molecule has 3 fully saturated rings. The number of aryl methyl sites for hydroxylation is 1. The maximum Gasteiger partial charge on any atom is 0.434 e. The fourth-order valence-electron chi connectivity index (χ4n) is 4.35. The van der Waals surface area contributed by atoms with Gasteiger partial charge in [0.15, 0.2) is 0 Å². The summed E-state index contributed by atoms with van der Waals surface area (Å²) in [5.74, 6) is 0.0713. The summed E-state index contributed by atoms with van der Waals surface area (Å²) in [4.78, 5) is 47.9. The van der Waals surface area contributed by atoms with Crippen LogP contribution in [0.15, 0.2) is 24.3 Å². The fraction of sp³-hybridized carbons (Fsp3) is 0.571. The average molecular weight is 435 g/mol. The first-order valence-electron chi connectivity index (χ1n) is 10.5. The number of halogens is 1. The van der Waals surface area contributed by atoms with E-state index in [1.165, 1.54) is 10.5 Å². The lowest BCUT2D eigenvalue weighted by Gasteiger charge is -2.32. The number of carbonyl (C=O) groups is 3. The molecule has 3 heterocycles. The molecule has 1 aromatic carbocycles. The van der Waals surface area contributed by atoms with Crippen molar-refractivity contribution in [2.75, 3.05) is 39.8 Å². The number of piperidine rings is 1. The number of nitrogens with zero attached hydrogens (tertiary/aromatic N) is 4. The van der Waals surface area contributed by atoms with Crippen LogP contribution in [0.2, 0.25) is 5.02 Å². The predicted octanol–water partition coefficient (Wildman–Crippen LogP) is 2.61. The molecule has 3 saturated heterocycles. The third kappa shape index (κ3) is 4.39. The molecular formula is C21H27ClN4O4. The summed E-state index contributed by atoms with van der Waals surface area (Å²) in [7, 11) is 1.90. The van der Waals surface area contributed by atoms with Gasteiger partial charge in [0.2, 0.25) is 0 Å². The topological polar surface area (TPSA) is 73.4 Å². The van der Waals surface area contributed by atoms with Gasteiger partial charge in [-0.15, -0.1) is 0 Å². The normalized spacial score (nSPS) is 23.1. The molecular weight excluding hydrogens is 408 g/mol. The Balaban J connectivity index is 1.25. The number of hydrogen-bond donors (Lipinski definition) is 0. The van der Waals surface area contributed by atoms with Crippen molar-refractivity contribution >= 4 is 29.6 Å². The zero-order valence-electron chi connectivity index (χ0n) is 17.1. The first-order chi connectivity index (χ1) is 14.4. The minimum absolute atomic E-state index is 0.456. The van der Waals surface area contributed by atoms with Gasteiger partial charge in [0.05, 0.1) is 0 Å². The first-order valence-corrected chi connectivity index (χ1v) is 10.8. The number of fused-ring (bicyclic) bond motifs is 1. The van der Waals surface area contributed by atoms with Crippen molar-refractivity contribution in [3.05, 3.63) is 34.9 Å². The van der Waals surface area contributed by atoms with Crippen LogP contribution in [-0.4, -0.2) is 83.6 Å². The Hall–Kier alpha value is -2.32. The standard InChI is InChI=1S/C21H27ClN4O4/c1-23-12-13-25-18(14-23)19(27)26(20(25)28)30-21(29)24-10-8-16(9-11-24)3-2-15-4-6-17(22)7-5-15/h4-7,16,18H,2-3,8-14H2,1H3. The third-order valence-electron chi connectivity index (χ3n) is 6.28. The van der Waals surface area contributed by atoms with Gasteiger partial charge in [0.25, 0.3) is 5.91 Å². The lowest BCUT2D eigenvalue weighted by molar-refractivity contribution is -0.152. The molecule has 4 amide bonds. The lowest BCUT2D eigenvalue weighted by atomic mass is 9.91. The van der Waals surface area contributed by atoms with Crippen LogP contribution in [0.3, 0.4) is 0 Å². The van der Waals surface area contributed by atoms with Gasteiger partial charge in [-0.25, -0.2) is 9.59 Å². The van der Waals surface area contributed by atoms with Crippen molar-refractivity contribution in [1.82, 2.24) is 19.8 Å². The van der Waals surface area contributed by atoms with Gasteiger partial charge >= 0.3 is 12.1 Å². The van der Waals surface area contributed by atoms with E-state index >= 15 is 0 Å². The summed E-state index contributed by atoms with van der Waals surface area (Å²) in [5.41, 5.74) is 1.26. The molecule has 8 nitrogen and oxygen atoms in total. The third-order valence-corrected chi connectivity index (χ3v) is 6.54.